The van der Waals surface area contributed by atoms with E-state index in [4.69, 9.17) is 5.26 Å². The Bertz CT molecular complexity index is 221. The summed E-state index contributed by atoms with van der Waals surface area (Å²) < 4.78 is 4.59. The summed E-state index contributed by atoms with van der Waals surface area (Å²) in [7, 11) is 0. The van der Waals surface area contributed by atoms with Gasteiger partial charge < -0.3 is 4.74 Å². The first kappa shape index (κ1) is 11.0. The number of nitrogens with zero attached hydrogens (tertiary/aromatic N) is 1. The third-order valence-corrected chi connectivity index (χ3v) is 1.91. The van der Waals surface area contributed by atoms with Crippen LogP contribution in [-0.4, -0.2) is 23.6 Å². The molecule has 0 saturated heterocycles. The molecule has 5 heteroatoms. The molecule has 0 rings (SSSR count). The summed E-state index contributed by atoms with van der Waals surface area (Å²) in [5.41, 5.74) is 0. The fraction of sp³-hybridized carbons (Fsp3) is 0.571. The number of Topliss-reactive ketones (excluding diaryl/α,β-unsaturated/α-hetero) is 1. The molecule has 0 bridgehead atoms. The van der Waals surface area contributed by atoms with E-state index in [1.165, 1.54) is 6.92 Å². The molecule has 0 aromatic rings. The number of rotatable bonds is 4. The number of esters is 1. The zero-order valence-corrected chi connectivity index (χ0v) is 7.68. The predicted molar refractivity (Wildman–Crippen MR) is 44.3 cm³/mol. The maximum absolute atomic E-state index is 11.0. The molecule has 0 N–H and O–H groups in total. The van der Waals surface area contributed by atoms with Crippen LogP contribution in [-0.2, 0) is 14.3 Å². The minimum Gasteiger partial charge on any atom is -0.465 e. The van der Waals surface area contributed by atoms with E-state index in [1.807, 2.05) is 0 Å². The van der Waals surface area contributed by atoms with Gasteiger partial charge in [-0.2, -0.15) is 5.26 Å². The van der Waals surface area contributed by atoms with Crippen molar-refractivity contribution in [3.8, 4) is 5.40 Å². The number of thioether (sulfide) groups is 1. The molecule has 0 radical (unpaired) electrons. The van der Waals surface area contributed by atoms with Crippen molar-refractivity contribution >= 4 is 23.5 Å². The average Bonchev–Trinajstić information content (AvgIpc) is 1.99. The topological polar surface area (TPSA) is 67.2 Å². The van der Waals surface area contributed by atoms with E-state index in [9.17, 15) is 9.59 Å². The van der Waals surface area contributed by atoms with E-state index in [1.54, 1.807) is 12.3 Å². The van der Waals surface area contributed by atoms with Gasteiger partial charge in [-0.25, -0.2) is 0 Å². The summed E-state index contributed by atoms with van der Waals surface area (Å²) in [6.45, 7) is 3.12. The zero-order valence-electron chi connectivity index (χ0n) is 6.86. The molecular weight excluding hydrogens is 178 g/mol. The number of ketones is 1. The largest absolute Gasteiger partial charge is 0.465 e. The number of carbonyl (C=O) groups is 2. The molecule has 0 aliphatic heterocycles. The third kappa shape index (κ3) is 3.39. The van der Waals surface area contributed by atoms with Crippen LogP contribution >= 0.6 is 11.8 Å². The number of carbonyl (C=O) groups excluding carboxylic acids is 2. The lowest BCUT2D eigenvalue weighted by Gasteiger charge is -2.06. The summed E-state index contributed by atoms with van der Waals surface area (Å²) in [5, 5.41) is 8.95. The van der Waals surface area contributed by atoms with Gasteiger partial charge in [0.2, 0.25) is 0 Å². The first-order valence-electron chi connectivity index (χ1n) is 3.35. The summed E-state index contributed by atoms with van der Waals surface area (Å²) in [4.78, 5) is 21.7. The van der Waals surface area contributed by atoms with Crippen LogP contribution in [0.15, 0.2) is 0 Å². The van der Waals surface area contributed by atoms with Gasteiger partial charge in [0.05, 0.1) is 6.61 Å². The summed E-state index contributed by atoms with van der Waals surface area (Å²) >= 11 is 0.614. The fourth-order valence-corrected chi connectivity index (χ4v) is 1.00. The van der Waals surface area contributed by atoms with Crippen molar-refractivity contribution < 1.29 is 14.3 Å². The van der Waals surface area contributed by atoms with Gasteiger partial charge in [-0.1, -0.05) is 0 Å². The van der Waals surface area contributed by atoms with Gasteiger partial charge in [0.25, 0.3) is 0 Å². The number of hydrogen-bond acceptors (Lipinski definition) is 5. The van der Waals surface area contributed by atoms with E-state index in [-0.39, 0.29) is 12.4 Å². The molecule has 0 unspecified atom stereocenters. The Morgan fingerprint density at radius 1 is 1.67 bits per heavy atom. The lowest BCUT2D eigenvalue weighted by Crippen LogP contribution is -2.26. The molecule has 0 aromatic heterocycles. The van der Waals surface area contributed by atoms with Crippen LogP contribution in [0.3, 0.4) is 0 Å². The Morgan fingerprint density at radius 2 is 2.25 bits per heavy atom. The van der Waals surface area contributed by atoms with Gasteiger partial charge in [-0.3, -0.25) is 9.59 Å². The Balaban J connectivity index is 4.21. The molecule has 1 atom stereocenters. The second kappa shape index (κ2) is 5.61. The first-order chi connectivity index (χ1) is 5.63. The van der Waals surface area contributed by atoms with E-state index in [0.29, 0.717) is 11.8 Å². The molecular formula is C7H9NO3S. The molecule has 0 heterocycles. The maximum Gasteiger partial charge on any atom is 0.327 e. The molecule has 0 aliphatic rings. The Kier molecular flexibility index (Phi) is 5.13. The van der Waals surface area contributed by atoms with Gasteiger partial charge in [-0.15, -0.1) is 0 Å². The molecule has 0 aromatic carbocycles. The summed E-state index contributed by atoms with van der Waals surface area (Å²) in [5.74, 6) is -1.00. The van der Waals surface area contributed by atoms with Crippen LogP contribution in [0.25, 0.3) is 0 Å². The van der Waals surface area contributed by atoms with E-state index < -0.39 is 11.2 Å². The molecule has 0 fully saturated rings. The van der Waals surface area contributed by atoms with Crippen LogP contribution < -0.4 is 0 Å². The normalized spacial score (nSPS) is 11.4. The highest BCUT2D eigenvalue weighted by molar-refractivity contribution is 8.05. The summed E-state index contributed by atoms with van der Waals surface area (Å²) in [6, 6.07) is 0. The number of nitriles is 1. The van der Waals surface area contributed by atoms with Gasteiger partial charge in [-0.05, 0) is 25.6 Å². The van der Waals surface area contributed by atoms with Crippen molar-refractivity contribution in [2.24, 2.45) is 0 Å². The smallest absolute Gasteiger partial charge is 0.327 e. The van der Waals surface area contributed by atoms with Gasteiger partial charge in [0.15, 0.2) is 11.0 Å². The van der Waals surface area contributed by atoms with Crippen molar-refractivity contribution in [3.05, 3.63) is 0 Å². The van der Waals surface area contributed by atoms with E-state index in [2.05, 4.69) is 4.74 Å². The van der Waals surface area contributed by atoms with Crippen LogP contribution in [0.5, 0.6) is 0 Å². The monoisotopic (exact) mass is 187 g/mol. The molecule has 4 nitrogen and oxygen atoms in total. The minimum atomic E-state index is -0.991. The highest BCUT2D eigenvalue weighted by atomic mass is 32.2. The highest BCUT2D eigenvalue weighted by Gasteiger charge is 2.25. The van der Waals surface area contributed by atoms with Gasteiger partial charge >= 0.3 is 5.97 Å². The Labute approximate surface area is 74.9 Å². The van der Waals surface area contributed by atoms with Crippen LogP contribution in [0.2, 0.25) is 0 Å². The van der Waals surface area contributed by atoms with Crippen LogP contribution in [0.4, 0.5) is 0 Å². The van der Waals surface area contributed by atoms with Gasteiger partial charge in [0, 0.05) is 0 Å². The van der Waals surface area contributed by atoms with Crippen molar-refractivity contribution in [2.45, 2.75) is 19.1 Å². The SMILES string of the molecule is CCOC(=O)[C@@H](SC#N)C(C)=O. The second-order valence-corrected chi connectivity index (χ2v) is 2.84. The van der Waals surface area contributed by atoms with Crippen molar-refractivity contribution in [1.82, 2.24) is 0 Å². The molecule has 0 spiro atoms. The highest BCUT2D eigenvalue weighted by Crippen LogP contribution is 2.11. The molecule has 0 aliphatic carbocycles. The lowest BCUT2D eigenvalue weighted by atomic mass is 10.3. The van der Waals surface area contributed by atoms with E-state index >= 15 is 0 Å². The molecule has 12 heavy (non-hydrogen) atoms. The fourth-order valence-electron chi connectivity index (χ4n) is 0.568. The quantitative estimate of drug-likeness (QED) is 0.368. The molecule has 0 saturated carbocycles. The molecule has 0 amide bonds. The lowest BCUT2D eigenvalue weighted by molar-refractivity contribution is -0.144. The molecule has 66 valence electrons. The van der Waals surface area contributed by atoms with Gasteiger partial charge in [0.1, 0.15) is 5.40 Å². The first-order valence-corrected chi connectivity index (χ1v) is 4.23. The summed E-state index contributed by atoms with van der Waals surface area (Å²) in [6.07, 6.45) is 0. The van der Waals surface area contributed by atoms with Crippen LogP contribution in [0, 0.1) is 10.7 Å². The second-order valence-electron chi connectivity index (χ2n) is 1.95. The average molecular weight is 187 g/mol. The van der Waals surface area contributed by atoms with Crippen LogP contribution in [0.1, 0.15) is 13.8 Å². The van der Waals surface area contributed by atoms with Crippen molar-refractivity contribution in [2.75, 3.05) is 6.61 Å². The number of ether oxygens (including phenoxy) is 1. The Hall–Kier alpha value is -1.02. The Morgan fingerprint density at radius 3 is 2.58 bits per heavy atom. The number of hydrogen-bond donors (Lipinski definition) is 0. The zero-order chi connectivity index (χ0) is 9.56. The minimum absolute atomic E-state index is 0.217. The van der Waals surface area contributed by atoms with E-state index in [0.717, 1.165) is 0 Å². The third-order valence-electron chi connectivity index (χ3n) is 1.04. The standard InChI is InChI=1S/C7H9NO3S/c1-3-11-7(10)6(5(2)9)12-4-8/h6H,3H2,1-2H3/t6-/m0/s1. The predicted octanol–water partition coefficient (Wildman–Crippen LogP) is 0.721. The maximum atomic E-state index is 11.0. The van der Waals surface area contributed by atoms with Crippen molar-refractivity contribution in [1.29, 1.82) is 5.26 Å². The van der Waals surface area contributed by atoms with Crippen molar-refractivity contribution in [3.63, 3.8) is 0 Å². The number of thiocyanates is 1.